The maximum atomic E-state index is 12.0. The number of phenols is 1. The minimum atomic E-state index is -3.93. The lowest BCUT2D eigenvalue weighted by Crippen LogP contribution is -2.47. The molecule has 0 bridgehead atoms. The molecule has 4 N–H and O–H groups in total. The summed E-state index contributed by atoms with van der Waals surface area (Å²) < 4.78 is 26.3. The average molecular weight is 301 g/mol. The summed E-state index contributed by atoms with van der Waals surface area (Å²) in [5, 5.41) is 28.0. The molecule has 0 heterocycles. The highest BCUT2D eigenvalue weighted by Crippen LogP contribution is 2.31. The van der Waals surface area contributed by atoms with Gasteiger partial charge in [-0.3, -0.25) is 0 Å². The first-order chi connectivity index (χ1) is 9.23. The van der Waals surface area contributed by atoms with Crippen LogP contribution in [0.2, 0.25) is 0 Å². The second-order valence-electron chi connectivity index (χ2n) is 4.89. The monoisotopic (exact) mass is 301 g/mol. The van der Waals surface area contributed by atoms with Crippen molar-refractivity contribution in [3.8, 4) is 5.75 Å². The van der Waals surface area contributed by atoms with Crippen molar-refractivity contribution in [1.82, 2.24) is 4.72 Å². The van der Waals surface area contributed by atoms with Crippen LogP contribution in [0.3, 0.4) is 0 Å². The van der Waals surface area contributed by atoms with Crippen molar-refractivity contribution in [3.05, 3.63) is 23.8 Å². The Labute approximate surface area is 115 Å². The number of rotatable bonds is 5. The van der Waals surface area contributed by atoms with Crippen molar-refractivity contribution in [2.75, 3.05) is 6.54 Å². The molecule has 0 spiro atoms. The Kier molecular flexibility index (Phi) is 3.72. The van der Waals surface area contributed by atoms with Gasteiger partial charge in [-0.1, -0.05) is 0 Å². The summed E-state index contributed by atoms with van der Waals surface area (Å²) in [6, 6.07) is 3.00. The highest BCUT2D eigenvalue weighted by molar-refractivity contribution is 7.89. The molecular formula is C12H15NO6S. The number of hydrogen-bond donors (Lipinski definition) is 4. The van der Waals surface area contributed by atoms with Gasteiger partial charge < -0.3 is 15.3 Å². The third-order valence-corrected chi connectivity index (χ3v) is 4.78. The maximum Gasteiger partial charge on any atom is 0.339 e. The van der Waals surface area contributed by atoms with Gasteiger partial charge in [0.15, 0.2) is 0 Å². The van der Waals surface area contributed by atoms with Gasteiger partial charge in [0.05, 0.1) is 10.5 Å². The second kappa shape index (κ2) is 5.04. The molecule has 20 heavy (non-hydrogen) atoms. The Morgan fingerprint density at radius 3 is 2.50 bits per heavy atom. The second-order valence-corrected chi connectivity index (χ2v) is 6.65. The zero-order valence-corrected chi connectivity index (χ0v) is 11.4. The van der Waals surface area contributed by atoms with E-state index in [0.717, 1.165) is 24.6 Å². The number of aromatic hydroxyl groups is 1. The van der Waals surface area contributed by atoms with Crippen LogP contribution in [0, 0.1) is 0 Å². The minimum absolute atomic E-state index is 0.112. The fourth-order valence-corrected chi connectivity index (χ4v) is 3.07. The van der Waals surface area contributed by atoms with Gasteiger partial charge in [0.2, 0.25) is 10.0 Å². The molecule has 8 heteroatoms. The van der Waals surface area contributed by atoms with Crippen LogP contribution in [0.15, 0.2) is 23.1 Å². The lowest BCUT2D eigenvalue weighted by atomic mass is 9.81. The molecule has 0 unspecified atom stereocenters. The first kappa shape index (κ1) is 14.8. The fourth-order valence-electron chi connectivity index (χ4n) is 1.93. The molecule has 0 saturated heterocycles. The van der Waals surface area contributed by atoms with Crippen LogP contribution in [-0.2, 0) is 10.0 Å². The number of carbonyl (C=O) groups is 1. The molecule has 1 aromatic carbocycles. The summed E-state index contributed by atoms with van der Waals surface area (Å²) in [4.78, 5) is 10.6. The summed E-state index contributed by atoms with van der Waals surface area (Å²) in [5.41, 5.74) is -1.50. The Balaban J connectivity index is 2.21. The summed E-state index contributed by atoms with van der Waals surface area (Å²) in [6.45, 7) is -0.112. The SMILES string of the molecule is O=C(O)c1cc(S(=O)(=O)NCC2(O)CCC2)ccc1O. The number of hydrogen-bond acceptors (Lipinski definition) is 5. The van der Waals surface area contributed by atoms with Gasteiger partial charge in [-0.05, 0) is 37.5 Å². The maximum absolute atomic E-state index is 12.0. The molecule has 1 aromatic rings. The number of aliphatic hydroxyl groups is 1. The van der Waals surface area contributed by atoms with E-state index in [4.69, 9.17) is 5.11 Å². The van der Waals surface area contributed by atoms with Gasteiger partial charge in [-0.15, -0.1) is 0 Å². The molecule has 0 aliphatic heterocycles. The van der Waals surface area contributed by atoms with Crippen molar-refractivity contribution >= 4 is 16.0 Å². The van der Waals surface area contributed by atoms with Gasteiger partial charge in [-0.25, -0.2) is 17.9 Å². The van der Waals surface area contributed by atoms with Crippen LogP contribution in [0.5, 0.6) is 5.75 Å². The quantitative estimate of drug-likeness (QED) is 0.619. The van der Waals surface area contributed by atoms with E-state index in [1.54, 1.807) is 0 Å². The first-order valence-corrected chi connectivity index (χ1v) is 7.50. The molecule has 1 fully saturated rings. The van der Waals surface area contributed by atoms with Crippen LogP contribution in [0.25, 0.3) is 0 Å². The summed E-state index contributed by atoms with van der Waals surface area (Å²) in [5.74, 6) is -1.92. The van der Waals surface area contributed by atoms with Gasteiger partial charge in [0, 0.05) is 6.54 Å². The van der Waals surface area contributed by atoms with E-state index in [1.807, 2.05) is 0 Å². The molecular weight excluding hydrogens is 286 g/mol. The molecule has 0 amide bonds. The van der Waals surface area contributed by atoms with Gasteiger partial charge in [-0.2, -0.15) is 0 Å². The van der Waals surface area contributed by atoms with E-state index < -0.39 is 32.9 Å². The third kappa shape index (κ3) is 2.92. The zero-order valence-electron chi connectivity index (χ0n) is 10.5. The van der Waals surface area contributed by atoms with E-state index in [-0.39, 0.29) is 11.4 Å². The lowest BCUT2D eigenvalue weighted by Gasteiger charge is -2.36. The van der Waals surface area contributed by atoms with Crippen LogP contribution in [0.1, 0.15) is 29.6 Å². The van der Waals surface area contributed by atoms with Crippen molar-refractivity contribution in [3.63, 3.8) is 0 Å². The van der Waals surface area contributed by atoms with Crippen molar-refractivity contribution in [2.24, 2.45) is 0 Å². The third-order valence-electron chi connectivity index (χ3n) is 3.38. The Morgan fingerprint density at radius 2 is 2.00 bits per heavy atom. The number of carboxylic acid groups (broad SMARTS) is 1. The highest BCUT2D eigenvalue weighted by atomic mass is 32.2. The minimum Gasteiger partial charge on any atom is -0.507 e. The molecule has 1 aliphatic carbocycles. The largest absolute Gasteiger partial charge is 0.507 e. The molecule has 1 saturated carbocycles. The zero-order chi connectivity index (χ0) is 15.0. The molecule has 7 nitrogen and oxygen atoms in total. The standard InChI is InChI=1S/C12H15NO6S/c14-10-3-2-8(6-9(10)11(15)16)20(18,19)13-7-12(17)4-1-5-12/h2-3,6,13-14,17H,1,4-5,7H2,(H,15,16). The van der Waals surface area contributed by atoms with E-state index >= 15 is 0 Å². The van der Waals surface area contributed by atoms with Crippen LogP contribution in [0.4, 0.5) is 0 Å². The summed E-state index contributed by atoms with van der Waals surface area (Å²) in [6.07, 6.45) is 1.91. The van der Waals surface area contributed by atoms with Gasteiger partial charge in [0.25, 0.3) is 0 Å². The normalized spacial score (nSPS) is 17.4. The van der Waals surface area contributed by atoms with Crippen molar-refractivity contribution < 1.29 is 28.5 Å². The number of nitrogens with one attached hydrogen (secondary N) is 1. The molecule has 0 radical (unpaired) electrons. The van der Waals surface area contributed by atoms with Gasteiger partial charge in [0.1, 0.15) is 11.3 Å². The summed E-state index contributed by atoms with van der Waals surface area (Å²) >= 11 is 0. The smallest absolute Gasteiger partial charge is 0.339 e. The van der Waals surface area contributed by atoms with E-state index in [9.17, 15) is 23.4 Å². The number of aromatic carboxylic acids is 1. The number of benzene rings is 1. The van der Waals surface area contributed by atoms with Crippen LogP contribution >= 0.6 is 0 Å². The fraction of sp³-hybridized carbons (Fsp3) is 0.417. The van der Waals surface area contributed by atoms with Gasteiger partial charge >= 0.3 is 5.97 Å². The van der Waals surface area contributed by atoms with E-state index in [0.29, 0.717) is 12.8 Å². The number of sulfonamides is 1. The molecule has 2 rings (SSSR count). The Morgan fingerprint density at radius 1 is 1.35 bits per heavy atom. The molecule has 0 atom stereocenters. The van der Waals surface area contributed by atoms with Crippen LogP contribution < -0.4 is 4.72 Å². The number of carboxylic acids is 1. The van der Waals surface area contributed by atoms with E-state index in [1.165, 1.54) is 0 Å². The Hall–Kier alpha value is -1.64. The highest BCUT2D eigenvalue weighted by Gasteiger charge is 2.35. The summed E-state index contributed by atoms with van der Waals surface area (Å²) in [7, 11) is -3.93. The predicted molar refractivity (Wildman–Crippen MR) is 69.1 cm³/mol. The van der Waals surface area contributed by atoms with Crippen molar-refractivity contribution in [2.45, 2.75) is 29.8 Å². The molecule has 0 aromatic heterocycles. The molecule has 110 valence electrons. The topological polar surface area (TPSA) is 124 Å². The van der Waals surface area contributed by atoms with E-state index in [2.05, 4.69) is 4.72 Å². The Bertz CT molecular complexity index is 635. The van der Waals surface area contributed by atoms with Crippen molar-refractivity contribution in [1.29, 1.82) is 0 Å². The average Bonchev–Trinajstić information content (AvgIpc) is 2.34. The predicted octanol–water partition coefficient (Wildman–Crippen LogP) is 0.284. The molecule has 1 aliphatic rings. The lowest BCUT2D eigenvalue weighted by molar-refractivity contribution is -0.0271. The first-order valence-electron chi connectivity index (χ1n) is 6.02. The van der Waals surface area contributed by atoms with Crippen LogP contribution in [-0.4, -0.2) is 41.9 Å².